The molecule has 1 N–H and O–H groups in total. The van der Waals surface area contributed by atoms with Gasteiger partial charge in [0.2, 0.25) is 0 Å². The first-order chi connectivity index (χ1) is 5.18. The summed E-state index contributed by atoms with van der Waals surface area (Å²) in [5, 5.41) is 3.01. The number of carbonyl (C=O) groups is 1. The number of likely N-dealkylation sites (N-methyl/N-ethyl adjacent to an activating group) is 1. The van der Waals surface area contributed by atoms with Crippen molar-refractivity contribution in [2.75, 3.05) is 19.7 Å². The normalized spacial score (nSPS) is 9.27. The summed E-state index contributed by atoms with van der Waals surface area (Å²) in [6, 6.07) is 0. The second kappa shape index (κ2) is 6.24. The van der Waals surface area contributed by atoms with Gasteiger partial charge < -0.3 is 10.1 Å². The van der Waals surface area contributed by atoms with Crippen LogP contribution in [0.15, 0.2) is 11.5 Å². The molecule has 3 nitrogen and oxygen atoms in total. The molecule has 0 heterocycles. The zero-order valence-electron chi connectivity index (χ0n) is 6.59. The molecule has 0 unspecified atom stereocenters. The van der Waals surface area contributed by atoms with Crippen LogP contribution in [-0.2, 0) is 9.53 Å². The summed E-state index contributed by atoms with van der Waals surface area (Å²) in [6.07, 6.45) is 0. The van der Waals surface area contributed by atoms with E-state index in [9.17, 15) is 4.79 Å². The fourth-order valence-electron chi connectivity index (χ4n) is 0.476. The first-order valence-corrected chi connectivity index (χ1v) is 3.89. The second-order valence-electron chi connectivity index (χ2n) is 1.94. The molecule has 0 fully saturated rings. The average molecular weight is 175 g/mol. The minimum atomic E-state index is -0.453. The van der Waals surface area contributed by atoms with Gasteiger partial charge >= 0.3 is 5.97 Å². The fourth-order valence-corrected chi connectivity index (χ4v) is 0.541. The maximum atomic E-state index is 10.7. The van der Waals surface area contributed by atoms with Gasteiger partial charge in [-0.25, -0.2) is 4.79 Å². The topological polar surface area (TPSA) is 38.3 Å². The maximum absolute atomic E-state index is 10.7. The molecule has 0 rings (SSSR count). The Labute approximate surface area is 72.2 Å². The van der Waals surface area contributed by atoms with E-state index >= 15 is 0 Å². The van der Waals surface area contributed by atoms with Gasteiger partial charge in [0.1, 0.15) is 6.61 Å². The summed E-state index contributed by atoms with van der Waals surface area (Å²) in [5.74, 6) is -0.453. The molecular formula is C7H13NO2S. The molecule has 0 saturated heterocycles. The molecule has 0 aliphatic carbocycles. The van der Waals surface area contributed by atoms with Gasteiger partial charge in [-0.3, -0.25) is 0 Å². The maximum Gasteiger partial charge on any atom is 0.343 e. The predicted octanol–water partition coefficient (Wildman–Crippen LogP) is 0.583. The Bertz CT molecular complexity index is 147. The van der Waals surface area contributed by atoms with Crippen LogP contribution in [0.4, 0.5) is 0 Å². The number of esters is 1. The fraction of sp³-hybridized carbons (Fsp3) is 0.571. The Morgan fingerprint density at radius 3 is 2.82 bits per heavy atom. The third kappa shape index (κ3) is 5.94. The van der Waals surface area contributed by atoms with Gasteiger partial charge in [-0.2, -0.15) is 0 Å². The number of carbonyl (C=O) groups excluding carboxylic acids is 1. The van der Waals surface area contributed by atoms with E-state index in [-0.39, 0.29) is 4.91 Å². The van der Waals surface area contributed by atoms with E-state index in [0.29, 0.717) is 13.2 Å². The lowest BCUT2D eigenvalue weighted by molar-refractivity contribution is -0.137. The number of thiol groups is 1. The van der Waals surface area contributed by atoms with Gasteiger partial charge in [0.25, 0.3) is 0 Å². The van der Waals surface area contributed by atoms with E-state index in [1.165, 1.54) is 0 Å². The van der Waals surface area contributed by atoms with E-state index in [1.54, 1.807) is 0 Å². The van der Waals surface area contributed by atoms with Crippen LogP contribution in [0.5, 0.6) is 0 Å². The number of nitrogens with one attached hydrogen (secondary N) is 1. The lowest BCUT2D eigenvalue weighted by Crippen LogP contribution is -2.20. The minimum absolute atomic E-state index is 0.140. The van der Waals surface area contributed by atoms with Crippen molar-refractivity contribution in [2.45, 2.75) is 6.92 Å². The van der Waals surface area contributed by atoms with E-state index < -0.39 is 5.97 Å². The van der Waals surface area contributed by atoms with Crippen molar-refractivity contribution in [3.05, 3.63) is 11.5 Å². The van der Waals surface area contributed by atoms with Gasteiger partial charge in [-0.1, -0.05) is 13.5 Å². The van der Waals surface area contributed by atoms with Gasteiger partial charge in [0.15, 0.2) is 0 Å². The minimum Gasteiger partial charge on any atom is -0.460 e. The molecular weight excluding hydrogens is 162 g/mol. The predicted molar refractivity (Wildman–Crippen MR) is 47.6 cm³/mol. The SMILES string of the molecule is C=C(S)C(=O)OCCNCC. The van der Waals surface area contributed by atoms with Gasteiger partial charge in [-0.05, 0) is 6.54 Å². The summed E-state index contributed by atoms with van der Waals surface area (Å²) in [4.78, 5) is 10.8. The van der Waals surface area contributed by atoms with E-state index in [1.807, 2.05) is 6.92 Å². The molecule has 0 bridgehead atoms. The molecule has 64 valence electrons. The smallest absolute Gasteiger partial charge is 0.343 e. The number of hydrogen-bond acceptors (Lipinski definition) is 4. The molecule has 0 saturated carbocycles. The van der Waals surface area contributed by atoms with Gasteiger partial charge in [0, 0.05) is 6.54 Å². The molecule has 11 heavy (non-hydrogen) atoms. The average Bonchev–Trinajstić information content (AvgIpc) is 1.97. The standard InChI is InChI=1S/C7H13NO2S/c1-3-8-4-5-10-7(9)6(2)11/h8,11H,2-5H2,1H3. The summed E-state index contributed by atoms with van der Waals surface area (Å²) >= 11 is 3.73. The molecule has 0 amide bonds. The highest BCUT2D eigenvalue weighted by Gasteiger charge is 2.01. The first kappa shape index (κ1) is 10.5. The molecule has 0 spiro atoms. The number of rotatable bonds is 5. The summed E-state index contributed by atoms with van der Waals surface area (Å²) in [5.41, 5.74) is 0. The first-order valence-electron chi connectivity index (χ1n) is 3.44. The van der Waals surface area contributed by atoms with Crippen LogP contribution in [0.25, 0.3) is 0 Å². The van der Waals surface area contributed by atoms with Crippen molar-refractivity contribution in [1.29, 1.82) is 0 Å². The van der Waals surface area contributed by atoms with E-state index in [0.717, 1.165) is 6.54 Å². The molecule has 0 aliphatic heterocycles. The Hall–Kier alpha value is -0.480. The molecule has 0 aromatic rings. The summed E-state index contributed by atoms with van der Waals surface area (Å²) < 4.78 is 4.73. The lowest BCUT2D eigenvalue weighted by Gasteiger charge is -2.03. The van der Waals surface area contributed by atoms with Gasteiger partial charge in [0.05, 0.1) is 4.91 Å². The molecule has 0 radical (unpaired) electrons. The second-order valence-corrected chi connectivity index (χ2v) is 2.48. The van der Waals surface area contributed by atoms with Crippen LogP contribution in [0.3, 0.4) is 0 Å². The van der Waals surface area contributed by atoms with Crippen LogP contribution in [0.1, 0.15) is 6.92 Å². The zero-order valence-corrected chi connectivity index (χ0v) is 7.49. The van der Waals surface area contributed by atoms with Crippen LogP contribution in [0.2, 0.25) is 0 Å². The van der Waals surface area contributed by atoms with E-state index in [2.05, 4.69) is 24.5 Å². The molecule has 0 atom stereocenters. The largest absolute Gasteiger partial charge is 0.460 e. The monoisotopic (exact) mass is 175 g/mol. The zero-order chi connectivity index (χ0) is 8.69. The van der Waals surface area contributed by atoms with Crippen molar-refractivity contribution in [2.24, 2.45) is 0 Å². The Kier molecular flexibility index (Phi) is 5.97. The van der Waals surface area contributed by atoms with Crippen LogP contribution in [-0.4, -0.2) is 25.7 Å². The third-order valence-corrected chi connectivity index (χ3v) is 1.18. The highest BCUT2D eigenvalue weighted by atomic mass is 32.1. The summed E-state index contributed by atoms with van der Waals surface area (Å²) in [6.45, 7) is 7.22. The number of ether oxygens (including phenoxy) is 1. The highest BCUT2D eigenvalue weighted by molar-refractivity contribution is 7.85. The summed E-state index contributed by atoms with van der Waals surface area (Å²) in [7, 11) is 0. The van der Waals surface area contributed by atoms with E-state index in [4.69, 9.17) is 4.74 Å². The Morgan fingerprint density at radius 2 is 2.36 bits per heavy atom. The molecule has 4 heteroatoms. The van der Waals surface area contributed by atoms with Crippen LogP contribution in [0, 0.1) is 0 Å². The van der Waals surface area contributed by atoms with Crippen molar-refractivity contribution < 1.29 is 9.53 Å². The lowest BCUT2D eigenvalue weighted by atomic mass is 10.6. The Balaban J connectivity index is 3.25. The van der Waals surface area contributed by atoms with Gasteiger partial charge in [-0.15, -0.1) is 12.6 Å². The highest BCUT2D eigenvalue weighted by Crippen LogP contribution is 1.97. The van der Waals surface area contributed by atoms with Crippen LogP contribution >= 0.6 is 12.6 Å². The van der Waals surface area contributed by atoms with Crippen LogP contribution < -0.4 is 5.32 Å². The number of hydrogen-bond donors (Lipinski definition) is 2. The molecule has 0 aromatic heterocycles. The molecule has 0 aliphatic rings. The van der Waals surface area contributed by atoms with Crippen molar-refractivity contribution in [1.82, 2.24) is 5.32 Å². The third-order valence-electron chi connectivity index (χ3n) is 0.998. The molecule has 0 aromatic carbocycles. The van der Waals surface area contributed by atoms with Crippen molar-refractivity contribution in [3.63, 3.8) is 0 Å². The Morgan fingerprint density at radius 1 is 1.73 bits per heavy atom. The van der Waals surface area contributed by atoms with Crippen molar-refractivity contribution >= 4 is 18.6 Å². The van der Waals surface area contributed by atoms with Crippen molar-refractivity contribution in [3.8, 4) is 0 Å². The quantitative estimate of drug-likeness (QED) is 0.278.